The highest BCUT2D eigenvalue weighted by Crippen LogP contribution is 2.13. The lowest BCUT2D eigenvalue weighted by atomic mass is 10.2. The van der Waals surface area contributed by atoms with Gasteiger partial charge in [0.05, 0.1) is 18.6 Å². The first-order valence-corrected chi connectivity index (χ1v) is 5.75. The quantitative estimate of drug-likeness (QED) is 0.778. The molecule has 0 saturated carbocycles. The van der Waals surface area contributed by atoms with Gasteiger partial charge in [-0.25, -0.2) is 4.98 Å². The predicted octanol–water partition coefficient (Wildman–Crippen LogP) is 0.265. The minimum atomic E-state index is -0.0573. The fourth-order valence-corrected chi connectivity index (χ4v) is 2.20. The summed E-state index contributed by atoms with van der Waals surface area (Å²) >= 11 is 0. The summed E-state index contributed by atoms with van der Waals surface area (Å²) in [6, 6.07) is 5.23. The minimum Gasteiger partial charge on any atom is -0.328 e. The molecule has 3 rings (SSSR count). The molecule has 1 aliphatic rings. The number of nitrogens with one attached hydrogen (secondary N) is 2. The number of imidazole rings is 1. The summed E-state index contributed by atoms with van der Waals surface area (Å²) in [7, 11) is 0. The number of hydrogen-bond donors (Lipinski definition) is 2. The van der Waals surface area contributed by atoms with Crippen molar-refractivity contribution < 1.29 is 0 Å². The van der Waals surface area contributed by atoms with Crippen molar-refractivity contribution in [2.24, 2.45) is 0 Å². The number of H-pyrrole nitrogens is 1. The number of aromatic nitrogens is 3. The summed E-state index contributed by atoms with van der Waals surface area (Å²) < 4.78 is 2.11. The van der Waals surface area contributed by atoms with Crippen LogP contribution in [0.25, 0.3) is 0 Å². The molecule has 0 unspecified atom stereocenters. The van der Waals surface area contributed by atoms with Gasteiger partial charge >= 0.3 is 0 Å². The second-order valence-electron chi connectivity index (χ2n) is 4.23. The summed E-state index contributed by atoms with van der Waals surface area (Å²) in [5.74, 6) is 0. The van der Waals surface area contributed by atoms with Crippen LogP contribution >= 0.6 is 0 Å². The van der Waals surface area contributed by atoms with Crippen LogP contribution in [0.4, 0.5) is 0 Å². The molecule has 0 aromatic carbocycles. The van der Waals surface area contributed by atoms with Gasteiger partial charge in [-0.3, -0.25) is 4.79 Å². The Balaban J connectivity index is 1.90. The van der Waals surface area contributed by atoms with E-state index in [1.807, 2.05) is 12.4 Å². The summed E-state index contributed by atoms with van der Waals surface area (Å²) in [6.07, 6.45) is 2.84. The van der Waals surface area contributed by atoms with E-state index in [1.54, 1.807) is 6.07 Å². The molecule has 17 heavy (non-hydrogen) atoms. The molecule has 0 bridgehead atoms. The van der Waals surface area contributed by atoms with Crippen LogP contribution < -0.4 is 10.9 Å². The van der Waals surface area contributed by atoms with Crippen molar-refractivity contribution >= 4 is 0 Å². The standard InChI is InChI=1S/C12H14N4O/c17-12-3-1-2-9(15-12)7-16-8-14-10-6-13-5-4-11(10)16/h1-3,8,13H,4-7H2,(H,15,17). The highest BCUT2D eigenvalue weighted by Gasteiger charge is 2.14. The average molecular weight is 230 g/mol. The molecular formula is C12H14N4O. The van der Waals surface area contributed by atoms with E-state index in [2.05, 4.69) is 19.9 Å². The lowest BCUT2D eigenvalue weighted by molar-refractivity contribution is 0.600. The van der Waals surface area contributed by atoms with Crippen LogP contribution in [0.3, 0.4) is 0 Å². The van der Waals surface area contributed by atoms with Crippen LogP contribution in [0.15, 0.2) is 29.3 Å². The molecule has 0 fully saturated rings. The van der Waals surface area contributed by atoms with Gasteiger partial charge in [0.15, 0.2) is 0 Å². The third kappa shape index (κ3) is 2.01. The Bertz CT molecular complexity index is 584. The van der Waals surface area contributed by atoms with Crippen molar-refractivity contribution in [3.8, 4) is 0 Å². The normalized spacial score (nSPS) is 14.6. The van der Waals surface area contributed by atoms with E-state index < -0.39 is 0 Å². The maximum absolute atomic E-state index is 11.2. The van der Waals surface area contributed by atoms with E-state index in [9.17, 15) is 4.79 Å². The molecule has 0 saturated heterocycles. The summed E-state index contributed by atoms with van der Waals surface area (Å²) in [4.78, 5) is 18.4. The minimum absolute atomic E-state index is 0.0573. The molecule has 0 aliphatic carbocycles. The van der Waals surface area contributed by atoms with Gasteiger partial charge in [-0.15, -0.1) is 0 Å². The van der Waals surface area contributed by atoms with E-state index in [-0.39, 0.29) is 5.56 Å². The van der Waals surface area contributed by atoms with Gasteiger partial charge in [0, 0.05) is 37.0 Å². The van der Waals surface area contributed by atoms with Gasteiger partial charge in [0.1, 0.15) is 0 Å². The van der Waals surface area contributed by atoms with Gasteiger partial charge < -0.3 is 14.9 Å². The third-order valence-electron chi connectivity index (χ3n) is 3.03. The van der Waals surface area contributed by atoms with Crippen molar-refractivity contribution in [3.05, 3.63) is 52.0 Å². The van der Waals surface area contributed by atoms with Crippen LogP contribution in [-0.4, -0.2) is 21.1 Å². The number of rotatable bonds is 2. The molecule has 3 heterocycles. The average Bonchev–Trinajstić information content (AvgIpc) is 2.73. The van der Waals surface area contributed by atoms with Gasteiger partial charge in [-0.05, 0) is 6.07 Å². The van der Waals surface area contributed by atoms with E-state index in [0.717, 1.165) is 30.9 Å². The van der Waals surface area contributed by atoms with Crippen LogP contribution in [-0.2, 0) is 19.5 Å². The Morgan fingerprint density at radius 3 is 3.24 bits per heavy atom. The van der Waals surface area contributed by atoms with Crippen molar-refractivity contribution in [3.63, 3.8) is 0 Å². The SMILES string of the molecule is O=c1cccc(Cn2cnc3c2CCNC3)[nH]1. The molecule has 1 aliphatic heterocycles. The molecule has 2 aromatic rings. The van der Waals surface area contributed by atoms with Crippen molar-refractivity contribution in [1.29, 1.82) is 0 Å². The third-order valence-corrected chi connectivity index (χ3v) is 3.03. The van der Waals surface area contributed by atoms with E-state index in [1.165, 1.54) is 11.8 Å². The van der Waals surface area contributed by atoms with Crippen LogP contribution in [0.1, 0.15) is 17.1 Å². The summed E-state index contributed by atoms with van der Waals surface area (Å²) in [5.41, 5.74) is 3.25. The maximum Gasteiger partial charge on any atom is 0.248 e. The first kappa shape index (κ1) is 10.3. The van der Waals surface area contributed by atoms with Gasteiger partial charge in [0.2, 0.25) is 5.56 Å². The highest BCUT2D eigenvalue weighted by atomic mass is 16.1. The molecule has 5 heteroatoms. The largest absolute Gasteiger partial charge is 0.328 e. The Labute approximate surface area is 98.5 Å². The summed E-state index contributed by atoms with van der Waals surface area (Å²) in [6.45, 7) is 2.51. The molecule has 0 amide bonds. The Hall–Kier alpha value is -1.88. The second-order valence-corrected chi connectivity index (χ2v) is 4.23. The van der Waals surface area contributed by atoms with E-state index in [0.29, 0.717) is 6.54 Å². The van der Waals surface area contributed by atoms with E-state index >= 15 is 0 Å². The molecular weight excluding hydrogens is 216 g/mol. The predicted molar refractivity (Wildman–Crippen MR) is 63.8 cm³/mol. The Kier molecular flexibility index (Phi) is 2.53. The molecule has 2 aromatic heterocycles. The molecule has 5 nitrogen and oxygen atoms in total. The molecule has 0 atom stereocenters. The molecule has 2 N–H and O–H groups in total. The smallest absolute Gasteiger partial charge is 0.248 e. The van der Waals surface area contributed by atoms with E-state index in [4.69, 9.17) is 0 Å². The van der Waals surface area contributed by atoms with Gasteiger partial charge in [0.25, 0.3) is 0 Å². The molecule has 0 spiro atoms. The topological polar surface area (TPSA) is 62.7 Å². The fourth-order valence-electron chi connectivity index (χ4n) is 2.20. The zero-order valence-electron chi connectivity index (χ0n) is 9.44. The van der Waals surface area contributed by atoms with Gasteiger partial charge in [-0.2, -0.15) is 0 Å². The van der Waals surface area contributed by atoms with Gasteiger partial charge in [-0.1, -0.05) is 6.07 Å². The van der Waals surface area contributed by atoms with Crippen molar-refractivity contribution in [2.45, 2.75) is 19.5 Å². The number of aromatic amines is 1. The zero-order chi connectivity index (χ0) is 11.7. The van der Waals surface area contributed by atoms with Crippen LogP contribution in [0, 0.1) is 0 Å². The van der Waals surface area contributed by atoms with Crippen molar-refractivity contribution in [2.75, 3.05) is 6.54 Å². The highest BCUT2D eigenvalue weighted by molar-refractivity contribution is 5.18. The molecule has 88 valence electrons. The number of nitrogens with zero attached hydrogens (tertiary/aromatic N) is 2. The maximum atomic E-state index is 11.2. The Morgan fingerprint density at radius 2 is 2.35 bits per heavy atom. The lowest BCUT2D eigenvalue weighted by Crippen LogP contribution is -2.25. The number of fused-ring (bicyclic) bond motifs is 1. The monoisotopic (exact) mass is 230 g/mol. The second kappa shape index (κ2) is 4.18. The van der Waals surface area contributed by atoms with Crippen LogP contribution in [0.5, 0.6) is 0 Å². The summed E-state index contributed by atoms with van der Waals surface area (Å²) in [5, 5.41) is 3.29. The zero-order valence-corrected chi connectivity index (χ0v) is 9.44. The first-order chi connectivity index (χ1) is 8.33. The Morgan fingerprint density at radius 1 is 1.41 bits per heavy atom. The fraction of sp³-hybridized carbons (Fsp3) is 0.333. The van der Waals surface area contributed by atoms with Crippen LogP contribution in [0.2, 0.25) is 0 Å². The first-order valence-electron chi connectivity index (χ1n) is 5.75. The molecule has 0 radical (unpaired) electrons. The lowest BCUT2D eigenvalue weighted by Gasteiger charge is -2.15. The number of hydrogen-bond acceptors (Lipinski definition) is 3. The number of pyridine rings is 1. The van der Waals surface area contributed by atoms with Crippen molar-refractivity contribution in [1.82, 2.24) is 19.9 Å².